The molecule has 2 nitrogen and oxygen atoms in total. The van der Waals surface area contributed by atoms with Crippen molar-refractivity contribution < 1.29 is 9.21 Å². The summed E-state index contributed by atoms with van der Waals surface area (Å²) in [5, 5.41) is 0. The predicted octanol–water partition coefficient (Wildman–Crippen LogP) is 3.27. The Morgan fingerprint density at radius 3 is 2.43 bits per heavy atom. The summed E-state index contributed by atoms with van der Waals surface area (Å²) >= 11 is 3.25. The number of hydrogen-bond acceptors (Lipinski definition) is 2. The molecule has 1 heterocycles. The van der Waals surface area contributed by atoms with Gasteiger partial charge in [0.2, 0.25) is 5.78 Å². The lowest BCUT2D eigenvalue weighted by Crippen LogP contribution is -1.99. The van der Waals surface area contributed by atoms with Gasteiger partial charge in [-0.3, -0.25) is 4.79 Å². The van der Waals surface area contributed by atoms with Gasteiger partial charge in [-0.25, -0.2) is 0 Å². The predicted molar refractivity (Wildman–Crippen MR) is 56.3 cm³/mol. The molecule has 2 rings (SSSR count). The van der Waals surface area contributed by atoms with Gasteiger partial charge >= 0.3 is 0 Å². The first-order valence-corrected chi connectivity index (χ1v) is 4.91. The number of carbonyl (C=O) groups is 1. The van der Waals surface area contributed by atoms with Crippen LogP contribution in [0.1, 0.15) is 16.1 Å². The molecule has 14 heavy (non-hydrogen) atoms. The normalized spacial score (nSPS) is 10.1. The molecular formula is C11H7BrO2. The Morgan fingerprint density at radius 1 is 1.14 bits per heavy atom. The van der Waals surface area contributed by atoms with Crippen molar-refractivity contribution in [1.82, 2.24) is 0 Å². The molecule has 0 bridgehead atoms. The second kappa shape index (κ2) is 3.80. The molecule has 0 radical (unpaired) electrons. The van der Waals surface area contributed by atoms with Crippen LogP contribution < -0.4 is 0 Å². The van der Waals surface area contributed by atoms with Crippen LogP contribution in [-0.2, 0) is 0 Å². The van der Waals surface area contributed by atoms with Crippen LogP contribution in [0, 0.1) is 0 Å². The van der Waals surface area contributed by atoms with Gasteiger partial charge in [0.15, 0.2) is 5.76 Å². The van der Waals surface area contributed by atoms with E-state index in [0.29, 0.717) is 15.8 Å². The Hall–Kier alpha value is -1.35. The standard InChI is InChI=1S/C11H7BrO2/c12-9-6-7-14-11(9)10(13)8-4-2-1-3-5-8/h1-7H. The van der Waals surface area contributed by atoms with Crippen molar-refractivity contribution in [2.75, 3.05) is 0 Å². The summed E-state index contributed by atoms with van der Waals surface area (Å²) in [5.41, 5.74) is 0.628. The first-order chi connectivity index (χ1) is 6.79. The van der Waals surface area contributed by atoms with Gasteiger partial charge in [0.1, 0.15) is 0 Å². The quantitative estimate of drug-likeness (QED) is 0.766. The van der Waals surface area contributed by atoms with E-state index in [-0.39, 0.29) is 5.78 Å². The molecule has 0 aliphatic heterocycles. The number of furan rings is 1. The van der Waals surface area contributed by atoms with Crippen molar-refractivity contribution in [2.45, 2.75) is 0 Å². The van der Waals surface area contributed by atoms with E-state index in [9.17, 15) is 4.79 Å². The van der Waals surface area contributed by atoms with Crippen LogP contribution in [0.3, 0.4) is 0 Å². The summed E-state index contributed by atoms with van der Waals surface area (Å²) in [7, 11) is 0. The third kappa shape index (κ3) is 1.63. The largest absolute Gasteiger partial charge is 0.460 e. The highest BCUT2D eigenvalue weighted by molar-refractivity contribution is 9.10. The van der Waals surface area contributed by atoms with Crippen LogP contribution in [0.2, 0.25) is 0 Å². The molecule has 3 heteroatoms. The topological polar surface area (TPSA) is 30.2 Å². The number of ketones is 1. The Kier molecular flexibility index (Phi) is 2.50. The highest BCUT2D eigenvalue weighted by atomic mass is 79.9. The average Bonchev–Trinajstić information content (AvgIpc) is 2.65. The fourth-order valence-corrected chi connectivity index (χ4v) is 1.56. The monoisotopic (exact) mass is 250 g/mol. The molecule has 70 valence electrons. The fourth-order valence-electron chi connectivity index (χ4n) is 1.18. The first kappa shape index (κ1) is 9.21. The maximum atomic E-state index is 11.8. The number of rotatable bonds is 2. The minimum Gasteiger partial charge on any atom is -0.460 e. The molecule has 0 unspecified atom stereocenters. The van der Waals surface area contributed by atoms with Crippen molar-refractivity contribution in [3.05, 3.63) is 58.5 Å². The van der Waals surface area contributed by atoms with E-state index in [4.69, 9.17) is 4.42 Å². The van der Waals surface area contributed by atoms with Gasteiger partial charge in [-0.2, -0.15) is 0 Å². The molecule has 0 aliphatic rings. The van der Waals surface area contributed by atoms with Crippen molar-refractivity contribution in [2.24, 2.45) is 0 Å². The Bertz CT molecular complexity index is 445. The van der Waals surface area contributed by atoms with Crippen molar-refractivity contribution >= 4 is 21.7 Å². The smallest absolute Gasteiger partial charge is 0.229 e. The van der Waals surface area contributed by atoms with E-state index in [1.54, 1.807) is 18.2 Å². The van der Waals surface area contributed by atoms with E-state index in [0.717, 1.165) is 0 Å². The Labute approximate surface area is 89.7 Å². The second-order valence-electron chi connectivity index (χ2n) is 2.79. The lowest BCUT2D eigenvalue weighted by molar-refractivity contribution is 0.101. The zero-order chi connectivity index (χ0) is 9.97. The molecular weight excluding hydrogens is 244 g/mol. The summed E-state index contributed by atoms with van der Waals surface area (Å²) in [4.78, 5) is 11.8. The molecule has 0 atom stereocenters. The van der Waals surface area contributed by atoms with Crippen molar-refractivity contribution in [1.29, 1.82) is 0 Å². The minimum absolute atomic E-state index is 0.109. The van der Waals surface area contributed by atoms with E-state index < -0.39 is 0 Å². The zero-order valence-electron chi connectivity index (χ0n) is 7.24. The van der Waals surface area contributed by atoms with Crippen molar-refractivity contribution in [3.63, 3.8) is 0 Å². The molecule has 0 N–H and O–H groups in total. The maximum absolute atomic E-state index is 11.8. The average molecular weight is 251 g/mol. The van der Waals surface area contributed by atoms with Gasteiger partial charge in [-0.05, 0) is 22.0 Å². The van der Waals surface area contributed by atoms with Gasteiger partial charge in [-0.15, -0.1) is 0 Å². The van der Waals surface area contributed by atoms with Crippen LogP contribution >= 0.6 is 15.9 Å². The fraction of sp³-hybridized carbons (Fsp3) is 0. The highest BCUT2D eigenvalue weighted by Gasteiger charge is 2.14. The summed E-state index contributed by atoms with van der Waals surface area (Å²) in [6.45, 7) is 0. The summed E-state index contributed by atoms with van der Waals surface area (Å²) < 4.78 is 5.77. The highest BCUT2D eigenvalue weighted by Crippen LogP contribution is 2.20. The van der Waals surface area contributed by atoms with Gasteiger partial charge < -0.3 is 4.42 Å². The Balaban J connectivity index is 2.39. The van der Waals surface area contributed by atoms with E-state index in [1.807, 2.05) is 18.2 Å². The molecule has 1 aromatic heterocycles. The SMILES string of the molecule is O=C(c1ccccc1)c1occc1Br. The van der Waals surface area contributed by atoms with Crippen LogP contribution in [-0.4, -0.2) is 5.78 Å². The summed E-state index contributed by atoms with van der Waals surface area (Å²) in [5.74, 6) is 0.235. The Morgan fingerprint density at radius 2 is 1.86 bits per heavy atom. The van der Waals surface area contributed by atoms with Crippen LogP contribution in [0.4, 0.5) is 0 Å². The van der Waals surface area contributed by atoms with Crippen LogP contribution in [0.5, 0.6) is 0 Å². The molecule has 0 aliphatic carbocycles. The minimum atomic E-state index is -0.109. The molecule has 0 fully saturated rings. The van der Waals surface area contributed by atoms with E-state index in [1.165, 1.54) is 6.26 Å². The third-order valence-corrected chi connectivity index (χ3v) is 2.48. The lowest BCUT2D eigenvalue weighted by atomic mass is 10.1. The number of halogens is 1. The molecule has 1 aromatic carbocycles. The van der Waals surface area contributed by atoms with Crippen LogP contribution in [0.15, 0.2) is 51.6 Å². The van der Waals surface area contributed by atoms with E-state index >= 15 is 0 Å². The maximum Gasteiger partial charge on any atom is 0.229 e. The van der Waals surface area contributed by atoms with Gasteiger partial charge in [0.25, 0.3) is 0 Å². The molecule has 0 spiro atoms. The lowest BCUT2D eigenvalue weighted by Gasteiger charge is -1.96. The van der Waals surface area contributed by atoms with Crippen LogP contribution in [0.25, 0.3) is 0 Å². The van der Waals surface area contributed by atoms with Gasteiger partial charge in [0.05, 0.1) is 10.7 Å². The van der Waals surface area contributed by atoms with Crippen molar-refractivity contribution in [3.8, 4) is 0 Å². The summed E-state index contributed by atoms with van der Waals surface area (Å²) in [6.07, 6.45) is 1.49. The third-order valence-electron chi connectivity index (χ3n) is 1.86. The molecule has 0 saturated heterocycles. The zero-order valence-corrected chi connectivity index (χ0v) is 8.82. The van der Waals surface area contributed by atoms with Gasteiger partial charge in [-0.1, -0.05) is 30.3 Å². The van der Waals surface area contributed by atoms with E-state index in [2.05, 4.69) is 15.9 Å². The summed E-state index contributed by atoms with van der Waals surface area (Å²) in [6, 6.07) is 10.7. The molecule has 0 amide bonds. The van der Waals surface area contributed by atoms with Gasteiger partial charge in [0, 0.05) is 5.56 Å². The first-order valence-electron chi connectivity index (χ1n) is 4.12. The number of benzene rings is 1. The molecule has 2 aromatic rings. The second-order valence-corrected chi connectivity index (χ2v) is 3.65. The number of carbonyl (C=O) groups excluding carboxylic acids is 1. The molecule has 0 saturated carbocycles. The number of hydrogen-bond donors (Lipinski definition) is 0.